The molecule has 0 bridgehead atoms. The van der Waals surface area contributed by atoms with E-state index in [1.54, 1.807) is 13.4 Å². The molecule has 6 heteroatoms. The fourth-order valence-electron chi connectivity index (χ4n) is 1.80. The molecular weight excluding hydrogens is 212 g/mol. The molecular formula is C9H10N4OS. The predicted octanol–water partition coefficient (Wildman–Crippen LogP) is 1.13. The molecule has 0 spiro atoms. The fraction of sp³-hybridized carbons (Fsp3) is 0.444. The number of nitrogens with zero attached hydrogens (tertiary/aromatic N) is 3. The number of aromatic amines is 1. The van der Waals surface area contributed by atoms with E-state index in [2.05, 4.69) is 9.97 Å². The summed E-state index contributed by atoms with van der Waals surface area (Å²) in [5, 5.41) is 0. The Morgan fingerprint density at radius 1 is 1.60 bits per heavy atom. The second kappa shape index (κ2) is 2.79. The van der Waals surface area contributed by atoms with Crippen molar-refractivity contribution < 1.29 is 0 Å². The Morgan fingerprint density at radius 2 is 2.33 bits per heavy atom. The van der Waals surface area contributed by atoms with Crippen LogP contribution in [0.15, 0.2) is 11.1 Å². The highest BCUT2D eigenvalue weighted by Gasteiger charge is 2.27. The summed E-state index contributed by atoms with van der Waals surface area (Å²) in [5.74, 6) is 0. The molecule has 15 heavy (non-hydrogen) atoms. The van der Waals surface area contributed by atoms with Crippen LogP contribution in [0.2, 0.25) is 0 Å². The van der Waals surface area contributed by atoms with Gasteiger partial charge in [0.25, 0.3) is 5.56 Å². The van der Waals surface area contributed by atoms with Crippen LogP contribution in [-0.2, 0) is 7.05 Å². The number of hydrogen-bond donors (Lipinski definition) is 1. The van der Waals surface area contributed by atoms with Crippen LogP contribution < -0.4 is 5.56 Å². The smallest absolute Gasteiger partial charge is 0.280 e. The Labute approximate surface area is 90.4 Å². The van der Waals surface area contributed by atoms with E-state index in [0.29, 0.717) is 22.0 Å². The minimum Gasteiger partial charge on any atom is -0.339 e. The Kier molecular flexibility index (Phi) is 1.64. The summed E-state index contributed by atoms with van der Waals surface area (Å²) in [6, 6.07) is 0.426. The second-order valence-corrected chi connectivity index (χ2v) is 4.21. The lowest BCUT2D eigenvalue weighted by atomic mass is 10.5. The quantitative estimate of drug-likeness (QED) is 0.736. The summed E-state index contributed by atoms with van der Waals surface area (Å²) in [6.07, 6.45) is 3.78. The first-order valence-corrected chi connectivity index (χ1v) is 5.25. The minimum atomic E-state index is -0.107. The zero-order valence-corrected chi connectivity index (χ0v) is 9.04. The van der Waals surface area contributed by atoms with Gasteiger partial charge in [-0.15, -0.1) is 0 Å². The first-order chi connectivity index (χ1) is 7.20. The van der Waals surface area contributed by atoms with Crippen LogP contribution in [0.1, 0.15) is 18.9 Å². The molecule has 1 N–H and O–H groups in total. The SMILES string of the molecule is Cn1c(=O)c2[nH]cnc2n(C2CC2)c1=S. The molecule has 3 rings (SSSR count). The average Bonchev–Trinajstić information content (AvgIpc) is 2.93. The van der Waals surface area contributed by atoms with Crippen molar-refractivity contribution in [2.45, 2.75) is 18.9 Å². The lowest BCUT2D eigenvalue weighted by Crippen LogP contribution is -2.22. The fourth-order valence-corrected chi connectivity index (χ4v) is 2.11. The van der Waals surface area contributed by atoms with E-state index in [1.165, 1.54) is 4.57 Å². The molecule has 0 aromatic carbocycles. The Balaban J connectivity index is 2.56. The van der Waals surface area contributed by atoms with Gasteiger partial charge in [0.05, 0.1) is 6.33 Å². The van der Waals surface area contributed by atoms with Gasteiger partial charge in [-0.3, -0.25) is 13.9 Å². The molecule has 0 radical (unpaired) electrons. The van der Waals surface area contributed by atoms with Crippen molar-refractivity contribution >= 4 is 23.4 Å². The molecule has 0 aliphatic heterocycles. The van der Waals surface area contributed by atoms with Crippen molar-refractivity contribution in [3.05, 3.63) is 21.5 Å². The molecule has 0 saturated heterocycles. The van der Waals surface area contributed by atoms with Gasteiger partial charge in [0, 0.05) is 13.1 Å². The summed E-state index contributed by atoms with van der Waals surface area (Å²) in [6.45, 7) is 0. The largest absolute Gasteiger partial charge is 0.339 e. The van der Waals surface area contributed by atoms with Gasteiger partial charge in [-0.05, 0) is 25.1 Å². The van der Waals surface area contributed by atoms with Gasteiger partial charge >= 0.3 is 0 Å². The summed E-state index contributed by atoms with van der Waals surface area (Å²) < 4.78 is 4.03. The molecule has 0 atom stereocenters. The van der Waals surface area contributed by atoms with Crippen LogP contribution >= 0.6 is 12.2 Å². The molecule has 0 unspecified atom stereocenters. The van der Waals surface area contributed by atoms with Gasteiger partial charge in [-0.2, -0.15) is 0 Å². The highest BCUT2D eigenvalue weighted by molar-refractivity contribution is 7.71. The molecule has 5 nitrogen and oxygen atoms in total. The molecule has 1 aliphatic rings. The molecule has 2 heterocycles. The minimum absolute atomic E-state index is 0.107. The summed E-state index contributed by atoms with van der Waals surface area (Å²) >= 11 is 5.26. The van der Waals surface area contributed by atoms with Crippen LogP contribution in [0, 0.1) is 4.77 Å². The van der Waals surface area contributed by atoms with E-state index in [1.807, 2.05) is 4.57 Å². The number of fused-ring (bicyclic) bond motifs is 1. The van der Waals surface area contributed by atoms with Crippen molar-refractivity contribution in [2.24, 2.45) is 7.05 Å². The zero-order valence-electron chi connectivity index (χ0n) is 8.23. The number of aromatic nitrogens is 4. The van der Waals surface area contributed by atoms with Gasteiger partial charge in [0.15, 0.2) is 10.4 Å². The van der Waals surface area contributed by atoms with Crippen LogP contribution in [0.3, 0.4) is 0 Å². The van der Waals surface area contributed by atoms with Gasteiger partial charge in [0.1, 0.15) is 5.52 Å². The van der Waals surface area contributed by atoms with E-state index < -0.39 is 0 Å². The first-order valence-electron chi connectivity index (χ1n) is 4.85. The zero-order chi connectivity index (χ0) is 10.6. The molecule has 2 aromatic heterocycles. The molecule has 1 fully saturated rings. The van der Waals surface area contributed by atoms with E-state index in [4.69, 9.17) is 12.2 Å². The number of nitrogens with one attached hydrogen (secondary N) is 1. The van der Waals surface area contributed by atoms with Crippen molar-refractivity contribution in [1.29, 1.82) is 0 Å². The predicted molar refractivity (Wildman–Crippen MR) is 58.4 cm³/mol. The van der Waals surface area contributed by atoms with Crippen LogP contribution in [0.25, 0.3) is 11.2 Å². The summed E-state index contributed by atoms with van der Waals surface area (Å²) in [4.78, 5) is 18.9. The monoisotopic (exact) mass is 222 g/mol. The molecule has 1 saturated carbocycles. The summed E-state index contributed by atoms with van der Waals surface area (Å²) in [5.41, 5.74) is 1.12. The highest BCUT2D eigenvalue weighted by atomic mass is 32.1. The lowest BCUT2D eigenvalue weighted by Gasteiger charge is -2.08. The molecule has 2 aromatic rings. The Bertz CT molecular complexity index is 646. The van der Waals surface area contributed by atoms with Crippen LogP contribution in [0.5, 0.6) is 0 Å². The van der Waals surface area contributed by atoms with Crippen LogP contribution in [0.4, 0.5) is 0 Å². The number of imidazole rings is 1. The number of rotatable bonds is 1. The van der Waals surface area contributed by atoms with Gasteiger partial charge in [-0.1, -0.05) is 0 Å². The average molecular weight is 222 g/mol. The Morgan fingerprint density at radius 3 is 3.00 bits per heavy atom. The van der Waals surface area contributed by atoms with Gasteiger partial charge in [0.2, 0.25) is 0 Å². The molecule has 1 aliphatic carbocycles. The lowest BCUT2D eigenvalue weighted by molar-refractivity contribution is 0.666. The molecule has 78 valence electrons. The van der Waals surface area contributed by atoms with Crippen molar-refractivity contribution in [3.8, 4) is 0 Å². The van der Waals surface area contributed by atoms with Crippen molar-refractivity contribution in [2.75, 3.05) is 0 Å². The standard InChI is InChI=1S/C9H10N4OS/c1-12-8(14)6-7(11-4-10-6)13(9(12)15)5-2-3-5/h4-5H,2-3H2,1H3,(H,10,11). The Hall–Kier alpha value is -1.43. The van der Waals surface area contributed by atoms with Gasteiger partial charge in [-0.25, -0.2) is 4.98 Å². The third kappa shape index (κ3) is 1.11. The van der Waals surface area contributed by atoms with Gasteiger partial charge < -0.3 is 4.98 Å². The van der Waals surface area contributed by atoms with E-state index in [9.17, 15) is 4.79 Å². The van der Waals surface area contributed by atoms with E-state index >= 15 is 0 Å². The second-order valence-electron chi connectivity index (χ2n) is 3.85. The maximum absolute atomic E-state index is 11.8. The maximum atomic E-state index is 11.8. The van der Waals surface area contributed by atoms with E-state index in [0.717, 1.165) is 12.8 Å². The number of hydrogen-bond acceptors (Lipinski definition) is 3. The van der Waals surface area contributed by atoms with Crippen LogP contribution in [-0.4, -0.2) is 19.1 Å². The summed E-state index contributed by atoms with van der Waals surface area (Å²) in [7, 11) is 1.70. The molecule has 0 amide bonds. The third-order valence-electron chi connectivity index (χ3n) is 2.77. The van der Waals surface area contributed by atoms with Crippen molar-refractivity contribution in [1.82, 2.24) is 19.1 Å². The van der Waals surface area contributed by atoms with E-state index in [-0.39, 0.29) is 5.56 Å². The first kappa shape index (κ1) is 8.84. The normalized spacial score (nSPS) is 16.1. The highest BCUT2D eigenvalue weighted by Crippen LogP contribution is 2.36. The number of H-pyrrole nitrogens is 1. The third-order valence-corrected chi connectivity index (χ3v) is 3.24. The topological polar surface area (TPSA) is 55.6 Å². The van der Waals surface area contributed by atoms with Crippen molar-refractivity contribution in [3.63, 3.8) is 0 Å². The maximum Gasteiger partial charge on any atom is 0.280 e.